The highest BCUT2D eigenvalue weighted by atomic mass is 16.6. The number of benzene rings is 2. The fourth-order valence-corrected chi connectivity index (χ4v) is 8.37. The van der Waals surface area contributed by atoms with Crippen LogP contribution in [0.2, 0.25) is 0 Å². The van der Waals surface area contributed by atoms with E-state index < -0.39 is 22.5 Å². The summed E-state index contributed by atoms with van der Waals surface area (Å²) in [6.45, 7) is 6.52. The van der Waals surface area contributed by atoms with Crippen molar-refractivity contribution in [3.63, 3.8) is 0 Å². The van der Waals surface area contributed by atoms with E-state index in [1.165, 1.54) is 13.5 Å². The van der Waals surface area contributed by atoms with Crippen molar-refractivity contribution in [3.05, 3.63) is 66.2 Å². The standard InChI is InChI=1S/C32H40O5/c1-21-29-25(20-33)19-31(32(29,36)37-3,30(21,2)26-12-5-4-6-13-26)28(35)16-15-22-9-7-10-23(17-22)24-11-8-14-27(34)18-24/h7-11,14,17-18,25-26,29,33-34,36H,1,4-6,12-13,15-16,19-20H2,2-3H3. The van der Waals surface area contributed by atoms with Crippen molar-refractivity contribution in [3.8, 4) is 16.9 Å². The molecule has 5 rings (SSSR count). The number of ketones is 1. The number of ether oxygens (including phenoxy) is 1. The molecule has 198 valence electrons. The average molecular weight is 505 g/mol. The second kappa shape index (κ2) is 9.68. The summed E-state index contributed by atoms with van der Waals surface area (Å²) >= 11 is 0. The third-order valence-corrected chi connectivity index (χ3v) is 10.2. The normalized spacial score (nSPS) is 33.7. The van der Waals surface area contributed by atoms with Crippen molar-refractivity contribution in [1.29, 1.82) is 0 Å². The van der Waals surface area contributed by atoms with Gasteiger partial charge in [0.2, 0.25) is 0 Å². The van der Waals surface area contributed by atoms with E-state index in [2.05, 4.69) is 19.6 Å². The van der Waals surface area contributed by atoms with E-state index in [1.807, 2.05) is 30.3 Å². The van der Waals surface area contributed by atoms with Crippen molar-refractivity contribution in [2.45, 2.75) is 64.1 Å². The Morgan fingerprint density at radius 2 is 1.76 bits per heavy atom. The number of phenolic OH excluding ortho intramolecular Hbond substituents is 1. The summed E-state index contributed by atoms with van der Waals surface area (Å²) in [6, 6.07) is 15.2. The van der Waals surface area contributed by atoms with E-state index in [4.69, 9.17) is 4.74 Å². The van der Waals surface area contributed by atoms with Gasteiger partial charge in [-0.2, -0.15) is 0 Å². The third-order valence-electron chi connectivity index (χ3n) is 10.2. The Morgan fingerprint density at radius 1 is 1.08 bits per heavy atom. The molecule has 5 unspecified atom stereocenters. The van der Waals surface area contributed by atoms with Crippen LogP contribution in [-0.4, -0.2) is 40.6 Å². The summed E-state index contributed by atoms with van der Waals surface area (Å²) in [5, 5.41) is 32.3. The van der Waals surface area contributed by atoms with Crippen LogP contribution in [0.1, 0.15) is 57.4 Å². The van der Waals surface area contributed by atoms with Crippen molar-refractivity contribution in [1.82, 2.24) is 0 Å². The van der Waals surface area contributed by atoms with E-state index in [0.29, 0.717) is 12.8 Å². The molecule has 0 saturated heterocycles. The molecule has 2 bridgehead atoms. The van der Waals surface area contributed by atoms with Crippen molar-refractivity contribution in [2.75, 3.05) is 13.7 Å². The molecule has 3 fully saturated rings. The lowest BCUT2D eigenvalue weighted by Crippen LogP contribution is -2.58. The number of aliphatic hydroxyl groups is 2. The van der Waals surface area contributed by atoms with Gasteiger partial charge >= 0.3 is 0 Å². The molecule has 0 heterocycles. The Bertz CT molecular complexity index is 1180. The van der Waals surface area contributed by atoms with E-state index in [-0.39, 0.29) is 36.4 Å². The molecule has 3 aliphatic rings. The second-order valence-corrected chi connectivity index (χ2v) is 11.7. The molecule has 5 heteroatoms. The Hall–Kier alpha value is -2.47. The maximum Gasteiger partial charge on any atom is 0.185 e. The average Bonchev–Trinajstić information content (AvgIpc) is 3.28. The maximum atomic E-state index is 14.4. The zero-order valence-electron chi connectivity index (χ0n) is 22.1. The largest absolute Gasteiger partial charge is 0.508 e. The summed E-state index contributed by atoms with van der Waals surface area (Å²) in [7, 11) is 1.49. The lowest BCUT2D eigenvalue weighted by molar-refractivity contribution is -0.259. The number of carbonyl (C=O) groups excluding carboxylic acids is 1. The lowest BCUT2D eigenvalue weighted by Gasteiger charge is -2.53. The summed E-state index contributed by atoms with van der Waals surface area (Å²) in [4.78, 5) is 14.4. The van der Waals surface area contributed by atoms with E-state index in [1.54, 1.807) is 12.1 Å². The van der Waals surface area contributed by atoms with Gasteiger partial charge in [0.1, 0.15) is 11.5 Å². The molecule has 5 nitrogen and oxygen atoms in total. The molecule has 5 atom stereocenters. The van der Waals surface area contributed by atoms with Crippen LogP contribution in [0.25, 0.3) is 11.1 Å². The predicted octanol–water partition coefficient (Wildman–Crippen LogP) is 5.67. The Labute approximate surface area is 220 Å². The number of fused-ring (bicyclic) bond motifs is 2. The number of hydrogen-bond donors (Lipinski definition) is 3. The predicted molar refractivity (Wildman–Crippen MR) is 144 cm³/mol. The minimum absolute atomic E-state index is 0.00674. The fraction of sp³-hybridized carbons (Fsp3) is 0.531. The van der Waals surface area contributed by atoms with Gasteiger partial charge in [0.15, 0.2) is 5.79 Å². The third kappa shape index (κ3) is 3.73. The van der Waals surface area contributed by atoms with Crippen LogP contribution in [0, 0.1) is 28.6 Å². The number of carbonyl (C=O) groups is 1. The molecular weight excluding hydrogens is 464 g/mol. The van der Waals surface area contributed by atoms with Gasteiger partial charge in [-0.15, -0.1) is 0 Å². The highest BCUT2D eigenvalue weighted by Gasteiger charge is 2.81. The van der Waals surface area contributed by atoms with Crippen molar-refractivity contribution in [2.24, 2.45) is 28.6 Å². The highest BCUT2D eigenvalue weighted by Crippen LogP contribution is 2.76. The SMILES string of the molecule is C=C1C2C(CO)CC(C(=O)CCc3cccc(-c4cccc(O)c4)c3)(C2(O)OC)C1(C)C1CCCCC1. The number of Topliss-reactive ketones (excluding diaryl/α,β-unsaturated/α-hetero) is 1. The maximum absolute atomic E-state index is 14.4. The Morgan fingerprint density at radius 3 is 2.41 bits per heavy atom. The number of methoxy groups -OCH3 is 1. The topological polar surface area (TPSA) is 87.0 Å². The smallest absolute Gasteiger partial charge is 0.185 e. The highest BCUT2D eigenvalue weighted by molar-refractivity contribution is 5.90. The van der Waals surface area contributed by atoms with Gasteiger partial charge in [-0.1, -0.05) is 74.7 Å². The second-order valence-electron chi connectivity index (χ2n) is 11.7. The van der Waals surface area contributed by atoms with Gasteiger partial charge in [0.05, 0.1) is 5.41 Å². The van der Waals surface area contributed by atoms with Gasteiger partial charge in [0.25, 0.3) is 0 Å². The molecule has 0 radical (unpaired) electrons. The molecule has 3 N–H and O–H groups in total. The fourth-order valence-electron chi connectivity index (χ4n) is 8.37. The quantitative estimate of drug-likeness (QED) is 0.319. The van der Waals surface area contributed by atoms with Crippen molar-refractivity contribution < 1.29 is 24.9 Å². The van der Waals surface area contributed by atoms with Gasteiger partial charge in [-0.05, 0) is 66.3 Å². The number of aromatic hydroxyl groups is 1. The van der Waals surface area contributed by atoms with Crippen LogP contribution in [0.3, 0.4) is 0 Å². The number of aryl methyl sites for hydroxylation is 1. The van der Waals surface area contributed by atoms with Gasteiger partial charge < -0.3 is 20.1 Å². The Kier molecular flexibility index (Phi) is 6.84. The molecule has 0 amide bonds. The van der Waals surface area contributed by atoms with E-state index in [0.717, 1.165) is 47.9 Å². The lowest BCUT2D eigenvalue weighted by atomic mass is 9.50. The number of phenols is 1. The Balaban J connectivity index is 1.48. The van der Waals surface area contributed by atoms with Crippen LogP contribution >= 0.6 is 0 Å². The first-order valence-electron chi connectivity index (χ1n) is 13.7. The number of aliphatic hydroxyl groups excluding tert-OH is 1. The van der Waals surface area contributed by atoms with Crippen LogP contribution in [0.4, 0.5) is 0 Å². The van der Waals surface area contributed by atoms with Crippen LogP contribution in [0.15, 0.2) is 60.7 Å². The van der Waals surface area contributed by atoms with Crippen LogP contribution in [0.5, 0.6) is 5.75 Å². The van der Waals surface area contributed by atoms with Gasteiger partial charge in [0, 0.05) is 31.5 Å². The zero-order chi connectivity index (χ0) is 26.4. The monoisotopic (exact) mass is 504 g/mol. The molecule has 2 aromatic carbocycles. The molecule has 0 aromatic heterocycles. The van der Waals surface area contributed by atoms with Gasteiger partial charge in [-0.3, -0.25) is 4.79 Å². The van der Waals surface area contributed by atoms with Crippen LogP contribution in [-0.2, 0) is 16.0 Å². The van der Waals surface area contributed by atoms with E-state index >= 15 is 0 Å². The summed E-state index contributed by atoms with van der Waals surface area (Å²) in [5.41, 5.74) is 2.10. The first-order valence-corrected chi connectivity index (χ1v) is 13.7. The minimum atomic E-state index is -1.66. The molecule has 3 aliphatic carbocycles. The summed E-state index contributed by atoms with van der Waals surface area (Å²) in [6.07, 6.45) is 6.72. The zero-order valence-corrected chi connectivity index (χ0v) is 22.1. The molecular formula is C32H40O5. The molecule has 2 aromatic rings. The molecule has 37 heavy (non-hydrogen) atoms. The van der Waals surface area contributed by atoms with Crippen molar-refractivity contribution >= 4 is 5.78 Å². The first-order chi connectivity index (χ1) is 17.7. The molecule has 0 spiro atoms. The van der Waals surface area contributed by atoms with Gasteiger partial charge in [-0.25, -0.2) is 0 Å². The molecule has 0 aliphatic heterocycles. The first kappa shape index (κ1) is 26.1. The molecule has 3 saturated carbocycles. The number of hydrogen-bond acceptors (Lipinski definition) is 5. The number of rotatable bonds is 8. The minimum Gasteiger partial charge on any atom is -0.508 e. The van der Waals surface area contributed by atoms with Crippen LogP contribution < -0.4 is 0 Å². The van der Waals surface area contributed by atoms with E-state index in [9.17, 15) is 20.1 Å². The summed E-state index contributed by atoms with van der Waals surface area (Å²) in [5.74, 6) is -1.87. The summed E-state index contributed by atoms with van der Waals surface area (Å²) < 4.78 is 5.88.